The molecule has 0 aliphatic heterocycles. The van der Waals surface area contributed by atoms with Crippen molar-refractivity contribution < 1.29 is 17.5 Å². The minimum atomic E-state index is -3.26. The Morgan fingerprint density at radius 1 is 1.14 bits per heavy atom. The minimum absolute atomic E-state index is 0.120. The van der Waals surface area contributed by atoms with Gasteiger partial charge >= 0.3 is 0 Å². The van der Waals surface area contributed by atoms with Gasteiger partial charge in [-0.05, 0) is 48.9 Å². The van der Waals surface area contributed by atoms with Crippen LogP contribution in [0.15, 0.2) is 47.4 Å². The molecule has 2 aromatic carbocycles. The van der Waals surface area contributed by atoms with Crippen LogP contribution < -0.4 is 10.5 Å². The number of halogens is 1. The Morgan fingerprint density at radius 3 is 2.38 bits per heavy atom. The van der Waals surface area contributed by atoms with Crippen molar-refractivity contribution in [2.45, 2.75) is 11.3 Å². The third kappa shape index (κ3) is 3.80. The summed E-state index contributed by atoms with van der Waals surface area (Å²) in [6, 6.07) is 10.5. The van der Waals surface area contributed by atoms with Gasteiger partial charge in [-0.1, -0.05) is 12.1 Å². The average Bonchev–Trinajstić information content (AvgIpc) is 2.42. The van der Waals surface area contributed by atoms with Crippen LogP contribution >= 0.6 is 0 Å². The fraction of sp³-hybridized carbons (Fsp3) is 0.200. The maximum atomic E-state index is 13.9. The zero-order valence-electron chi connectivity index (χ0n) is 11.5. The second-order valence-corrected chi connectivity index (χ2v) is 6.63. The fourth-order valence-electron chi connectivity index (χ4n) is 1.89. The summed E-state index contributed by atoms with van der Waals surface area (Å²) < 4.78 is 42.2. The van der Waals surface area contributed by atoms with E-state index >= 15 is 0 Å². The number of sulfone groups is 1. The normalized spacial score (nSPS) is 11.4. The first-order valence-electron chi connectivity index (χ1n) is 6.37. The van der Waals surface area contributed by atoms with E-state index in [1.165, 1.54) is 30.3 Å². The highest BCUT2D eigenvalue weighted by molar-refractivity contribution is 7.90. The second kappa shape index (κ2) is 6.24. The molecule has 0 spiro atoms. The number of hydrogen-bond acceptors (Lipinski definition) is 4. The molecule has 0 aromatic heterocycles. The van der Waals surface area contributed by atoms with Crippen molar-refractivity contribution in [2.75, 3.05) is 12.8 Å². The molecule has 0 bridgehead atoms. The van der Waals surface area contributed by atoms with E-state index < -0.39 is 15.7 Å². The maximum Gasteiger partial charge on any atom is 0.175 e. The van der Waals surface area contributed by atoms with E-state index in [1.807, 2.05) is 0 Å². The first-order chi connectivity index (χ1) is 9.91. The molecular weight excluding hydrogens is 293 g/mol. The van der Waals surface area contributed by atoms with E-state index in [2.05, 4.69) is 0 Å². The predicted molar refractivity (Wildman–Crippen MR) is 78.8 cm³/mol. The van der Waals surface area contributed by atoms with Crippen LogP contribution in [0.25, 0.3) is 0 Å². The molecule has 0 aliphatic carbocycles. The molecule has 112 valence electrons. The lowest BCUT2D eigenvalue weighted by Gasteiger charge is -2.12. The molecule has 0 atom stereocenters. The predicted octanol–water partition coefficient (Wildman–Crippen LogP) is 2.52. The largest absolute Gasteiger partial charge is 0.454 e. The highest BCUT2D eigenvalue weighted by Gasteiger charge is 2.12. The van der Waals surface area contributed by atoms with Crippen LogP contribution in [0.3, 0.4) is 0 Å². The fourth-order valence-corrected chi connectivity index (χ4v) is 2.52. The molecule has 2 N–H and O–H groups in total. The molecule has 21 heavy (non-hydrogen) atoms. The number of ether oxygens (including phenoxy) is 1. The van der Waals surface area contributed by atoms with Gasteiger partial charge in [0.2, 0.25) is 0 Å². The van der Waals surface area contributed by atoms with Gasteiger partial charge in [-0.25, -0.2) is 12.8 Å². The van der Waals surface area contributed by atoms with Gasteiger partial charge < -0.3 is 10.5 Å². The molecule has 0 saturated carbocycles. The first-order valence-corrected chi connectivity index (χ1v) is 8.26. The summed E-state index contributed by atoms with van der Waals surface area (Å²) in [4.78, 5) is 0.186. The molecule has 2 aromatic rings. The average molecular weight is 309 g/mol. The van der Waals surface area contributed by atoms with E-state index in [-0.39, 0.29) is 10.6 Å². The number of para-hydroxylation sites is 1. The minimum Gasteiger partial charge on any atom is -0.454 e. The zero-order valence-corrected chi connectivity index (χ0v) is 12.4. The van der Waals surface area contributed by atoms with Gasteiger partial charge in [0.1, 0.15) is 5.75 Å². The van der Waals surface area contributed by atoms with E-state index in [4.69, 9.17) is 10.5 Å². The van der Waals surface area contributed by atoms with E-state index in [0.717, 1.165) is 6.26 Å². The lowest BCUT2D eigenvalue weighted by atomic mass is 10.1. The van der Waals surface area contributed by atoms with Crippen LogP contribution in [0.4, 0.5) is 4.39 Å². The van der Waals surface area contributed by atoms with Crippen molar-refractivity contribution in [1.82, 2.24) is 0 Å². The van der Waals surface area contributed by atoms with Gasteiger partial charge in [-0.15, -0.1) is 0 Å². The topological polar surface area (TPSA) is 69.4 Å². The Morgan fingerprint density at radius 2 is 1.81 bits per heavy atom. The van der Waals surface area contributed by atoms with Crippen LogP contribution in [0.5, 0.6) is 11.5 Å². The van der Waals surface area contributed by atoms with Crippen LogP contribution in [0, 0.1) is 5.82 Å². The summed E-state index contributed by atoms with van der Waals surface area (Å²) in [6.07, 6.45) is 1.62. The molecular formula is C15H16FNO3S. The molecule has 0 amide bonds. The number of benzene rings is 2. The number of nitrogens with two attached hydrogens (primary N) is 1. The van der Waals surface area contributed by atoms with Gasteiger partial charge in [-0.3, -0.25) is 0 Å². The molecule has 0 fully saturated rings. The number of hydrogen-bond donors (Lipinski definition) is 1. The summed E-state index contributed by atoms with van der Waals surface area (Å²) in [5.41, 5.74) is 6.17. The number of rotatable bonds is 5. The SMILES string of the molecule is CS(=O)(=O)c1ccc(Oc2c(F)cccc2CCN)cc1. The van der Waals surface area contributed by atoms with Gasteiger partial charge in [0.15, 0.2) is 21.4 Å². The van der Waals surface area contributed by atoms with Gasteiger partial charge in [0.05, 0.1) is 4.90 Å². The summed E-state index contributed by atoms with van der Waals surface area (Å²) >= 11 is 0. The van der Waals surface area contributed by atoms with Crippen molar-refractivity contribution in [2.24, 2.45) is 5.73 Å². The van der Waals surface area contributed by atoms with Crippen molar-refractivity contribution in [3.63, 3.8) is 0 Å². The Bertz CT molecular complexity index is 727. The van der Waals surface area contributed by atoms with Crippen LogP contribution in [0.1, 0.15) is 5.56 Å². The summed E-state index contributed by atoms with van der Waals surface area (Å²) in [6.45, 7) is 0.382. The Balaban J connectivity index is 2.30. The molecule has 2 rings (SSSR count). The Kier molecular flexibility index (Phi) is 4.59. The highest BCUT2D eigenvalue weighted by atomic mass is 32.2. The molecule has 0 saturated heterocycles. The summed E-state index contributed by atoms with van der Waals surface area (Å²) in [5, 5.41) is 0. The second-order valence-electron chi connectivity index (χ2n) is 4.61. The van der Waals surface area contributed by atoms with Crippen molar-refractivity contribution in [3.05, 3.63) is 53.8 Å². The van der Waals surface area contributed by atoms with Crippen LogP contribution in [-0.4, -0.2) is 21.2 Å². The van der Waals surface area contributed by atoms with Crippen LogP contribution in [0.2, 0.25) is 0 Å². The quantitative estimate of drug-likeness (QED) is 0.921. The van der Waals surface area contributed by atoms with Crippen molar-refractivity contribution in [1.29, 1.82) is 0 Å². The van der Waals surface area contributed by atoms with Crippen molar-refractivity contribution >= 4 is 9.84 Å². The smallest absolute Gasteiger partial charge is 0.175 e. The molecule has 6 heteroatoms. The molecule has 0 heterocycles. The first kappa shape index (κ1) is 15.5. The lowest BCUT2D eigenvalue weighted by molar-refractivity contribution is 0.436. The summed E-state index contributed by atoms with van der Waals surface area (Å²) in [7, 11) is -3.26. The van der Waals surface area contributed by atoms with E-state index in [0.29, 0.717) is 24.3 Å². The molecule has 0 radical (unpaired) electrons. The van der Waals surface area contributed by atoms with Gasteiger partial charge in [0, 0.05) is 6.26 Å². The molecule has 0 unspecified atom stereocenters. The zero-order chi connectivity index (χ0) is 15.5. The monoisotopic (exact) mass is 309 g/mol. The van der Waals surface area contributed by atoms with Crippen LogP contribution in [-0.2, 0) is 16.3 Å². The van der Waals surface area contributed by atoms with Crippen molar-refractivity contribution in [3.8, 4) is 11.5 Å². The van der Waals surface area contributed by atoms with Gasteiger partial charge in [-0.2, -0.15) is 0 Å². The maximum absolute atomic E-state index is 13.9. The van der Waals surface area contributed by atoms with E-state index in [9.17, 15) is 12.8 Å². The summed E-state index contributed by atoms with van der Waals surface area (Å²) in [5.74, 6) is 0.00830. The van der Waals surface area contributed by atoms with E-state index in [1.54, 1.807) is 12.1 Å². The Hall–Kier alpha value is -1.92. The third-order valence-electron chi connectivity index (χ3n) is 2.93. The standard InChI is InChI=1S/C15H16FNO3S/c1-21(18,19)13-7-5-12(6-8-13)20-15-11(9-10-17)3-2-4-14(15)16/h2-8H,9-10,17H2,1H3. The van der Waals surface area contributed by atoms with Gasteiger partial charge in [0.25, 0.3) is 0 Å². The Labute approximate surface area is 123 Å². The third-order valence-corrected chi connectivity index (χ3v) is 4.06. The lowest BCUT2D eigenvalue weighted by Crippen LogP contribution is -2.05. The highest BCUT2D eigenvalue weighted by Crippen LogP contribution is 2.29. The molecule has 0 aliphatic rings. The molecule has 4 nitrogen and oxygen atoms in total.